The van der Waals surface area contributed by atoms with Gasteiger partial charge in [-0.15, -0.1) is 0 Å². The van der Waals surface area contributed by atoms with Crippen LogP contribution in [-0.4, -0.2) is 44.3 Å². The molecule has 118 valence electrons. The van der Waals surface area contributed by atoms with Gasteiger partial charge in [0.25, 0.3) is 5.56 Å². The summed E-state index contributed by atoms with van der Waals surface area (Å²) in [4.78, 5) is 44.4. The van der Waals surface area contributed by atoms with E-state index in [0.717, 1.165) is 0 Å². The van der Waals surface area contributed by atoms with Crippen LogP contribution in [0.15, 0.2) is 4.79 Å². The number of hydrogen-bond acceptors (Lipinski definition) is 4. The summed E-state index contributed by atoms with van der Waals surface area (Å²) in [7, 11) is 1.68. The van der Waals surface area contributed by atoms with Gasteiger partial charge in [0.15, 0.2) is 0 Å². The van der Waals surface area contributed by atoms with Crippen LogP contribution in [0, 0.1) is 12.8 Å². The maximum absolute atomic E-state index is 12.6. The molecule has 0 N–H and O–H groups in total. The summed E-state index contributed by atoms with van der Waals surface area (Å²) in [6, 6.07) is 0. The third-order valence-electron chi connectivity index (χ3n) is 4.64. The molecule has 0 spiro atoms. The van der Waals surface area contributed by atoms with Crippen molar-refractivity contribution in [2.75, 3.05) is 13.1 Å². The second-order valence-corrected chi connectivity index (χ2v) is 5.98. The van der Waals surface area contributed by atoms with E-state index in [2.05, 4.69) is 4.98 Å². The summed E-state index contributed by atoms with van der Waals surface area (Å²) in [5.74, 6) is 0.322. The molecule has 1 aromatic rings. The minimum Gasteiger partial charge on any atom is -0.342 e. The van der Waals surface area contributed by atoms with Crippen molar-refractivity contribution in [2.24, 2.45) is 13.0 Å². The van der Waals surface area contributed by atoms with E-state index in [0.29, 0.717) is 43.3 Å². The molecular weight excluding hydrogens is 284 g/mol. The molecule has 22 heavy (non-hydrogen) atoms. The Morgan fingerprint density at radius 3 is 2.68 bits per heavy atom. The smallest absolute Gasteiger partial charge is 0.258 e. The van der Waals surface area contributed by atoms with Crippen LogP contribution in [0.25, 0.3) is 0 Å². The summed E-state index contributed by atoms with van der Waals surface area (Å²) in [5, 5.41) is 0. The van der Waals surface area contributed by atoms with Gasteiger partial charge < -0.3 is 9.80 Å². The summed E-state index contributed by atoms with van der Waals surface area (Å²) in [5.41, 5.74) is 1.19. The number of aryl methyl sites for hydroxylation is 1. The lowest BCUT2D eigenvalue weighted by atomic mass is 10.1. The van der Waals surface area contributed by atoms with Crippen molar-refractivity contribution in [1.82, 2.24) is 19.4 Å². The van der Waals surface area contributed by atoms with Gasteiger partial charge in [-0.25, -0.2) is 4.98 Å². The minimum absolute atomic E-state index is 0.0300. The maximum atomic E-state index is 12.6. The maximum Gasteiger partial charge on any atom is 0.258 e. The number of fused-ring (bicyclic) bond motifs is 1. The zero-order valence-electron chi connectivity index (χ0n) is 13.1. The van der Waals surface area contributed by atoms with Crippen molar-refractivity contribution in [1.29, 1.82) is 0 Å². The Balaban J connectivity index is 1.79. The fraction of sp³-hybridized carbons (Fsp3) is 0.600. The Bertz CT molecular complexity index is 709. The van der Waals surface area contributed by atoms with Crippen molar-refractivity contribution < 1.29 is 9.59 Å². The van der Waals surface area contributed by atoms with Gasteiger partial charge >= 0.3 is 0 Å². The van der Waals surface area contributed by atoms with E-state index in [1.807, 2.05) is 6.92 Å². The molecule has 1 saturated heterocycles. The standard InChI is InChI=1S/C15H20N4O3/c1-4-18-6-10(5-13(18)20)14(21)19-7-11-12(8-19)16-9(2)17(3)15(11)22/h10H,4-8H2,1-3H3/t10-/m1/s1. The average Bonchev–Trinajstić information content (AvgIpc) is 3.07. The van der Waals surface area contributed by atoms with Crippen LogP contribution in [0.5, 0.6) is 0 Å². The number of likely N-dealkylation sites (tertiary alicyclic amines) is 1. The largest absolute Gasteiger partial charge is 0.342 e. The number of carbonyl (C=O) groups is 2. The fourth-order valence-corrected chi connectivity index (χ4v) is 3.19. The molecule has 2 amide bonds. The predicted octanol–water partition coefficient (Wildman–Crippen LogP) is -0.201. The molecule has 0 aromatic carbocycles. The van der Waals surface area contributed by atoms with Crippen LogP contribution in [-0.2, 0) is 29.7 Å². The van der Waals surface area contributed by atoms with E-state index in [4.69, 9.17) is 0 Å². The number of aromatic nitrogens is 2. The predicted molar refractivity (Wildman–Crippen MR) is 78.8 cm³/mol. The van der Waals surface area contributed by atoms with Crippen molar-refractivity contribution in [3.63, 3.8) is 0 Å². The Kier molecular flexibility index (Phi) is 3.50. The molecule has 1 fully saturated rings. The highest BCUT2D eigenvalue weighted by molar-refractivity contribution is 5.89. The lowest BCUT2D eigenvalue weighted by Gasteiger charge is -2.19. The monoisotopic (exact) mass is 304 g/mol. The van der Waals surface area contributed by atoms with Crippen molar-refractivity contribution in [3.05, 3.63) is 27.4 Å². The summed E-state index contributed by atoms with van der Waals surface area (Å²) in [6.07, 6.45) is 0.268. The second-order valence-electron chi connectivity index (χ2n) is 5.98. The Morgan fingerprint density at radius 1 is 1.32 bits per heavy atom. The van der Waals surface area contributed by atoms with Gasteiger partial charge in [-0.05, 0) is 13.8 Å². The minimum atomic E-state index is -0.299. The number of nitrogens with zero attached hydrogens (tertiary/aromatic N) is 4. The number of rotatable bonds is 2. The zero-order valence-corrected chi connectivity index (χ0v) is 13.1. The van der Waals surface area contributed by atoms with Crippen LogP contribution >= 0.6 is 0 Å². The molecule has 1 aromatic heterocycles. The molecule has 3 heterocycles. The van der Waals surface area contributed by atoms with Gasteiger partial charge in [0.2, 0.25) is 11.8 Å². The van der Waals surface area contributed by atoms with Crippen LogP contribution in [0.4, 0.5) is 0 Å². The highest BCUT2D eigenvalue weighted by Gasteiger charge is 2.38. The fourth-order valence-electron chi connectivity index (χ4n) is 3.19. The lowest BCUT2D eigenvalue weighted by molar-refractivity contribution is -0.136. The van der Waals surface area contributed by atoms with Crippen LogP contribution in [0.2, 0.25) is 0 Å². The van der Waals surface area contributed by atoms with E-state index < -0.39 is 0 Å². The highest BCUT2D eigenvalue weighted by atomic mass is 16.2. The molecule has 3 rings (SSSR count). The van der Waals surface area contributed by atoms with Gasteiger partial charge in [0.1, 0.15) is 5.82 Å². The normalized spacial score (nSPS) is 20.7. The van der Waals surface area contributed by atoms with Crippen molar-refractivity contribution >= 4 is 11.8 Å². The van der Waals surface area contributed by atoms with Crippen LogP contribution < -0.4 is 5.56 Å². The van der Waals surface area contributed by atoms with Crippen molar-refractivity contribution in [2.45, 2.75) is 33.4 Å². The van der Waals surface area contributed by atoms with Gasteiger partial charge in [-0.3, -0.25) is 19.0 Å². The third kappa shape index (κ3) is 2.20. The first-order chi connectivity index (χ1) is 10.4. The quantitative estimate of drug-likeness (QED) is 0.758. The zero-order chi connectivity index (χ0) is 16.0. The molecule has 7 heteroatoms. The number of hydrogen-bond donors (Lipinski definition) is 0. The molecule has 2 aliphatic heterocycles. The van der Waals surface area contributed by atoms with Gasteiger partial charge in [-0.1, -0.05) is 0 Å². The second kappa shape index (κ2) is 5.23. The van der Waals surface area contributed by atoms with Gasteiger partial charge in [0.05, 0.1) is 30.3 Å². The SMILES string of the molecule is CCN1C[C@H](C(=O)N2Cc3nc(C)n(C)c(=O)c3C2)CC1=O. The Morgan fingerprint density at radius 2 is 2.05 bits per heavy atom. The van der Waals surface area contributed by atoms with Gasteiger partial charge in [0, 0.05) is 26.6 Å². The third-order valence-corrected chi connectivity index (χ3v) is 4.64. The number of carbonyl (C=O) groups excluding carboxylic acids is 2. The lowest BCUT2D eigenvalue weighted by Crippen LogP contribution is -2.34. The first kappa shape index (κ1) is 14.7. The average molecular weight is 304 g/mol. The topological polar surface area (TPSA) is 75.5 Å². The van der Waals surface area contributed by atoms with E-state index in [-0.39, 0.29) is 29.7 Å². The van der Waals surface area contributed by atoms with E-state index in [1.54, 1.807) is 23.8 Å². The molecule has 2 aliphatic rings. The molecule has 0 aliphatic carbocycles. The molecule has 0 unspecified atom stereocenters. The number of amides is 2. The molecule has 1 atom stereocenters. The molecule has 7 nitrogen and oxygen atoms in total. The molecular formula is C15H20N4O3. The summed E-state index contributed by atoms with van der Waals surface area (Å²) in [6.45, 7) is 5.45. The summed E-state index contributed by atoms with van der Waals surface area (Å²) < 4.78 is 1.50. The van der Waals surface area contributed by atoms with Crippen molar-refractivity contribution in [3.8, 4) is 0 Å². The van der Waals surface area contributed by atoms with E-state index in [9.17, 15) is 14.4 Å². The Labute approximate surface area is 128 Å². The van der Waals surface area contributed by atoms with E-state index in [1.165, 1.54) is 4.57 Å². The van der Waals surface area contributed by atoms with E-state index >= 15 is 0 Å². The Hall–Kier alpha value is -2.18. The first-order valence-electron chi connectivity index (χ1n) is 7.54. The molecule has 0 radical (unpaired) electrons. The first-order valence-corrected chi connectivity index (χ1v) is 7.54. The molecule has 0 saturated carbocycles. The van der Waals surface area contributed by atoms with Crippen LogP contribution in [0.1, 0.15) is 30.4 Å². The highest BCUT2D eigenvalue weighted by Crippen LogP contribution is 2.25. The van der Waals surface area contributed by atoms with Crippen LogP contribution in [0.3, 0.4) is 0 Å². The van der Waals surface area contributed by atoms with Gasteiger partial charge in [-0.2, -0.15) is 0 Å². The summed E-state index contributed by atoms with van der Waals surface area (Å²) >= 11 is 0. The molecule has 0 bridgehead atoms.